The van der Waals surface area contributed by atoms with Gasteiger partial charge >= 0.3 is 5.97 Å². The minimum absolute atomic E-state index is 0.0780. The first kappa shape index (κ1) is 15.4. The van der Waals surface area contributed by atoms with Crippen molar-refractivity contribution in [3.05, 3.63) is 53.0 Å². The van der Waals surface area contributed by atoms with Gasteiger partial charge in [-0.1, -0.05) is 6.07 Å². The van der Waals surface area contributed by atoms with Crippen molar-refractivity contribution < 1.29 is 13.9 Å². The minimum Gasteiger partial charge on any atom is -0.469 e. The fourth-order valence-electron chi connectivity index (χ4n) is 2.57. The van der Waals surface area contributed by atoms with E-state index in [9.17, 15) is 9.18 Å². The molecule has 3 rings (SSSR count). The van der Waals surface area contributed by atoms with Crippen LogP contribution in [0.3, 0.4) is 0 Å². The summed E-state index contributed by atoms with van der Waals surface area (Å²) in [6.07, 6.45) is 2.76. The number of benzene rings is 1. The van der Waals surface area contributed by atoms with Crippen molar-refractivity contribution in [2.75, 3.05) is 19.0 Å². The molecule has 0 unspecified atom stereocenters. The highest BCUT2D eigenvalue weighted by Crippen LogP contribution is 2.22. The molecule has 23 heavy (non-hydrogen) atoms. The largest absolute Gasteiger partial charge is 0.469 e. The number of fused-ring (bicyclic) bond motifs is 1. The third kappa shape index (κ3) is 3.65. The smallest absolute Gasteiger partial charge is 0.310 e. The van der Waals surface area contributed by atoms with E-state index in [1.165, 1.54) is 24.3 Å². The summed E-state index contributed by atoms with van der Waals surface area (Å²) in [5, 5.41) is 6.41. The van der Waals surface area contributed by atoms with E-state index < -0.39 is 11.8 Å². The molecule has 0 atom stereocenters. The highest BCUT2D eigenvalue weighted by Gasteiger charge is 2.12. The standard InChI is InChI=1S/C17H18FN3O2/c1-23-17(22)7-11-2-3-14(8-15(11)18)21-16-6-13-9-19-5-4-12(13)10-20-16/h2-3,6,8,10,19H,4-5,7,9H2,1H3,(H,20,21). The number of hydrogen-bond donors (Lipinski definition) is 2. The molecule has 6 heteroatoms. The van der Waals surface area contributed by atoms with E-state index in [0.29, 0.717) is 17.1 Å². The zero-order valence-electron chi connectivity index (χ0n) is 12.9. The second kappa shape index (κ2) is 6.75. The maximum atomic E-state index is 14.0. The van der Waals surface area contributed by atoms with E-state index in [1.807, 2.05) is 12.3 Å². The topological polar surface area (TPSA) is 63.2 Å². The minimum atomic E-state index is -0.464. The van der Waals surface area contributed by atoms with Crippen molar-refractivity contribution in [2.24, 2.45) is 0 Å². The molecule has 0 fully saturated rings. The van der Waals surface area contributed by atoms with E-state index in [2.05, 4.69) is 20.4 Å². The molecule has 0 radical (unpaired) electrons. The molecule has 0 saturated carbocycles. The van der Waals surface area contributed by atoms with Crippen LogP contribution in [0, 0.1) is 5.82 Å². The van der Waals surface area contributed by atoms with Crippen molar-refractivity contribution in [3.63, 3.8) is 0 Å². The van der Waals surface area contributed by atoms with Crippen molar-refractivity contribution in [1.82, 2.24) is 10.3 Å². The van der Waals surface area contributed by atoms with Gasteiger partial charge in [-0.25, -0.2) is 9.37 Å². The zero-order valence-corrected chi connectivity index (χ0v) is 12.9. The SMILES string of the molecule is COC(=O)Cc1ccc(Nc2cc3c(cn2)CCNC3)cc1F. The quantitative estimate of drug-likeness (QED) is 0.848. The number of anilines is 2. The summed E-state index contributed by atoms with van der Waals surface area (Å²) in [5.41, 5.74) is 3.35. The van der Waals surface area contributed by atoms with Crippen LogP contribution < -0.4 is 10.6 Å². The summed E-state index contributed by atoms with van der Waals surface area (Å²) in [7, 11) is 1.28. The van der Waals surface area contributed by atoms with Gasteiger partial charge in [-0.2, -0.15) is 0 Å². The van der Waals surface area contributed by atoms with Gasteiger partial charge in [0.25, 0.3) is 0 Å². The van der Waals surface area contributed by atoms with Crippen LogP contribution in [-0.2, 0) is 28.9 Å². The Morgan fingerprint density at radius 2 is 2.26 bits per heavy atom. The highest BCUT2D eigenvalue weighted by molar-refractivity contribution is 5.73. The zero-order chi connectivity index (χ0) is 16.2. The lowest BCUT2D eigenvalue weighted by atomic mass is 10.0. The Morgan fingerprint density at radius 3 is 3.04 bits per heavy atom. The van der Waals surface area contributed by atoms with E-state index in [-0.39, 0.29) is 6.42 Å². The molecule has 1 aliphatic rings. The third-order valence-electron chi connectivity index (χ3n) is 3.86. The predicted molar refractivity (Wildman–Crippen MR) is 85.1 cm³/mol. The van der Waals surface area contributed by atoms with Crippen molar-refractivity contribution in [1.29, 1.82) is 0 Å². The number of pyridine rings is 1. The Kier molecular flexibility index (Phi) is 4.52. The average molecular weight is 315 g/mol. The first-order chi connectivity index (χ1) is 11.2. The van der Waals surface area contributed by atoms with Gasteiger partial charge < -0.3 is 15.4 Å². The number of esters is 1. The number of hydrogen-bond acceptors (Lipinski definition) is 5. The van der Waals surface area contributed by atoms with Gasteiger partial charge in [0, 0.05) is 18.4 Å². The van der Waals surface area contributed by atoms with Gasteiger partial charge in [-0.3, -0.25) is 4.79 Å². The molecule has 0 spiro atoms. The molecule has 0 aliphatic carbocycles. The second-order valence-electron chi connectivity index (χ2n) is 5.45. The van der Waals surface area contributed by atoms with E-state index >= 15 is 0 Å². The molecular formula is C17H18FN3O2. The molecule has 0 bridgehead atoms. The van der Waals surface area contributed by atoms with Crippen LogP contribution >= 0.6 is 0 Å². The first-order valence-electron chi connectivity index (χ1n) is 7.46. The molecule has 2 aromatic rings. The van der Waals surface area contributed by atoms with Crippen LogP contribution in [0.15, 0.2) is 30.5 Å². The predicted octanol–water partition coefficient (Wildman–Crippen LogP) is 2.33. The van der Waals surface area contributed by atoms with Crippen molar-refractivity contribution >= 4 is 17.5 Å². The Labute approximate surface area is 133 Å². The van der Waals surface area contributed by atoms with Crippen LogP contribution in [0.2, 0.25) is 0 Å². The van der Waals surface area contributed by atoms with E-state index in [0.717, 1.165) is 19.5 Å². The summed E-state index contributed by atoms with van der Waals surface area (Å²) in [4.78, 5) is 15.6. The normalized spacial score (nSPS) is 13.3. The number of carbonyl (C=O) groups is 1. The van der Waals surface area contributed by atoms with Gasteiger partial charge in [0.05, 0.1) is 13.5 Å². The maximum absolute atomic E-state index is 14.0. The van der Waals surface area contributed by atoms with Gasteiger partial charge in [0.15, 0.2) is 0 Å². The molecule has 0 amide bonds. The van der Waals surface area contributed by atoms with Crippen molar-refractivity contribution in [3.8, 4) is 0 Å². The number of nitrogens with one attached hydrogen (secondary N) is 2. The van der Waals surface area contributed by atoms with E-state index in [1.54, 1.807) is 12.1 Å². The molecule has 2 heterocycles. The first-order valence-corrected chi connectivity index (χ1v) is 7.46. The summed E-state index contributed by atoms with van der Waals surface area (Å²) >= 11 is 0. The lowest BCUT2D eigenvalue weighted by Crippen LogP contribution is -2.23. The summed E-state index contributed by atoms with van der Waals surface area (Å²) in [6.45, 7) is 1.79. The fourth-order valence-corrected chi connectivity index (χ4v) is 2.57. The molecule has 5 nitrogen and oxygen atoms in total. The number of aromatic nitrogens is 1. The lowest BCUT2D eigenvalue weighted by Gasteiger charge is -2.17. The number of rotatable bonds is 4. The number of methoxy groups -OCH3 is 1. The van der Waals surface area contributed by atoms with E-state index in [4.69, 9.17) is 0 Å². The lowest BCUT2D eigenvalue weighted by molar-refractivity contribution is -0.139. The summed E-state index contributed by atoms with van der Waals surface area (Å²) in [5.74, 6) is -0.235. The van der Waals surface area contributed by atoms with Crippen LogP contribution in [0.1, 0.15) is 16.7 Å². The Bertz CT molecular complexity index is 734. The maximum Gasteiger partial charge on any atom is 0.310 e. The third-order valence-corrected chi connectivity index (χ3v) is 3.86. The number of nitrogens with zero attached hydrogens (tertiary/aromatic N) is 1. The van der Waals surface area contributed by atoms with Gasteiger partial charge in [-0.05, 0) is 47.9 Å². The Morgan fingerprint density at radius 1 is 1.39 bits per heavy atom. The number of carbonyl (C=O) groups excluding carboxylic acids is 1. The Hall–Kier alpha value is -2.47. The van der Waals surface area contributed by atoms with Gasteiger partial charge in [-0.15, -0.1) is 0 Å². The Balaban J connectivity index is 1.75. The molecule has 1 aromatic carbocycles. The second-order valence-corrected chi connectivity index (χ2v) is 5.45. The number of ether oxygens (including phenoxy) is 1. The van der Waals surface area contributed by atoms with Crippen molar-refractivity contribution in [2.45, 2.75) is 19.4 Å². The van der Waals surface area contributed by atoms with Crippen LogP contribution in [-0.4, -0.2) is 24.6 Å². The van der Waals surface area contributed by atoms with Gasteiger partial charge in [0.1, 0.15) is 11.6 Å². The fraction of sp³-hybridized carbons (Fsp3) is 0.294. The molecule has 0 saturated heterocycles. The monoisotopic (exact) mass is 315 g/mol. The highest BCUT2D eigenvalue weighted by atomic mass is 19.1. The van der Waals surface area contributed by atoms with Crippen LogP contribution in [0.5, 0.6) is 0 Å². The van der Waals surface area contributed by atoms with Crippen LogP contribution in [0.25, 0.3) is 0 Å². The summed E-state index contributed by atoms with van der Waals surface area (Å²) in [6, 6.07) is 6.63. The van der Waals surface area contributed by atoms with Crippen LogP contribution in [0.4, 0.5) is 15.9 Å². The molecule has 1 aromatic heterocycles. The summed E-state index contributed by atoms with van der Waals surface area (Å²) < 4.78 is 18.6. The molecule has 1 aliphatic heterocycles. The van der Waals surface area contributed by atoms with Gasteiger partial charge in [0.2, 0.25) is 0 Å². The molecule has 2 N–H and O–H groups in total. The average Bonchev–Trinajstić information content (AvgIpc) is 2.57. The molecule has 120 valence electrons. The number of halogens is 1. The molecular weight excluding hydrogens is 297 g/mol.